The summed E-state index contributed by atoms with van der Waals surface area (Å²) in [5, 5.41) is 5.90. The summed E-state index contributed by atoms with van der Waals surface area (Å²) in [4.78, 5) is 23.4. The summed E-state index contributed by atoms with van der Waals surface area (Å²) in [6.07, 6.45) is 3.56. The van der Waals surface area contributed by atoms with E-state index in [0.29, 0.717) is 23.0 Å². The zero-order chi connectivity index (χ0) is 21.9. The highest BCUT2D eigenvalue weighted by atomic mass is 32.2. The van der Waals surface area contributed by atoms with Gasteiger partial charge in [-0.15, -0.1) is 0 Å². The second-order valence-electron chi connectivity index (χ2n) is 8.22. The highest BCUT2D eigenvalue weighted by Crippen LogP contribution is 2.28. The number of likely N-dealkylation sites (tertiary alicyclic amines) is 1. The number of carbonyl (C=O) groups excluding carboxylic acids is 1. The van der Waals surface area contributed by atoms with Crippen molar-refractivity contribution in [3.05, 3.63) is 36.0 Å². The molecule has 0 aliphatic carbocycles. The summed E-state index contributed by atoms with van der Waals surface area (Å²) in [5.41, 5.74) is 8.05. The van der Waals surface area contributed by atoms with Gasteiger partial charge in [-0.2, -0.15) is 0 Å². The third-order valence-corrected chi connectivity index (χ3v) is 7.18. The maximum Gasteiger partial charge on any atom is 0.319 e. The number of anilines is 2. The van der Waals surface area contributed by atoms with Crippen LogP contribution in [0.4, 0.5) is 16.3 Å². The number of hydrogen-bond donors (Lipinski definition) is 3. The number of benzene rings is 1. The zero-order valence-electron chi connectivity index (χ0n) is 17.9. The summed E-state index contributed by atoms with van der Waals surface area (Å²) < 4.78 is 11.5. The first-order chi connectivity index (χ1) is 14.1. The number of amides is 2. The maximum atomic E-state index is 12.3. The standard InChI is InChI=1S/C21H30N6O2S/c1-21(2,30(4)29)17-13-18(22)26-19(25-17)14-5-7-15(8-6-14)23-20(28)24-16-9-11-27(3)12-10-16/h5-8,13,16H,9-12H2,1-4H3,(H2,22,25,26)(H2,23,24,28). The minimum absolute atomic E-state index is 0.201. The molecule has 1 aliphatic rings. The van der Waals surface area contributed by atoms with Crippen LogP contribution in [0, 0.1) is 0 Å². The quantitative estimate of drug-likeness (QED) is 0.672. The van der Waals surface area contributed by atoms with Crippen LogP contribution in [0.15, 0.2) is 30.3 Å². The van der Waals surface area contributed by atoms with E-state index in [1.807, 2.05) is 26.0 Å². The number of hydrogen-bond acceptors (Lipinski definition) is 6. The molecule has 9 heteroatoms. The van der Waals surface area contributed by atoms with Gasteiger partial charge in [0.15, 0.2) is 5.82 Å². The average molecular weight is 431 g/mol. The van der Waals surface area contributed by atoms with Gasteiger partial charge >= 0.3 is 6.03 Å². The van der Waals surface area contributed by atoms with Crippen LogP contribution in [0.1, 0.15) is 32.4 Å². The Morgan fingerprint density at radius 2 is 1.83 bits per heavy atom. The van der Waals surface area contributed by atoms with Crippen molar-refractivity contribution >= 4 is 28.3 Å². The molecule has 0 bridgehead atoms. The first-order valence-corrected chi connectivity index (χ1v) is 11.6. The molecule has 8 nitrogen and oxygen atoms in total. The minimum Gasteiger partial charge on any atom is -0.384 e. The van der Waals surface area contributed by atoms with Gasteiger partial charge in [0.05, 0.1) is 10.4 Å². The first kappa shape index (κ1) is 22.2. The van der Waals surface area contributed by atoms with E-state index in [1.54, 1.807) is 24.5 Å². The summed E-state index contributed by atoms with van der Waals surface area (Å²) in [6.45, 7) is 5.71. The van der Waals surface area contributed by atoms with E-state index in [2.05, 4.69) is 32.5 Å². The monoisotopic (exact) mass is 430 g/mol. The smallest absolute Gasteiger partial charge is 0.319 e. The van der Waals surface area contributed by atoms with Crippen molar-refractivity contribution < 1.29 is 9.00 Å². The van der Waals surface area contributed by atoms with E-state index >= 15 is 0 Å². The molecular weight excluding hydrogens is 400 g/mol. The number of urea groups is 1. The number of aromatic nitrogens is 2. The van der Waals surface area contributed by atoms with Gasteiger partial charge in [-0.05, 0) is 71.1 Å². The van der Waals surface area contributed by atoms with E-state index in [9.17, 15) is 9.00 Å². The van der Waals surface area contributed by atoms with Gasteiger partial charge in [0.2, 0.25) is 0 Å². The number of nitrogens with one attached hydrogen (secondary N) is 2. The number of nitrogens with zero attached hydrogens (tertiary/aromatic N) is 3. The van der Waals surface area contributed by atoms with Gasteiger partial charge in [0.1, 0.15) is 5.82 Å². The van der Waals surface area contributed by atoms with E-state index < -0.39 is 15.5 Å². The molecule has 1 aliphatic heterocycles. The number of nitrogen functional groups attached to an aromatic ring is 1. The summed E-state index contributed by atoms with van der Waals surface area (Å²) in [6, 6.07) is 8.93. The molecule has 0 spiro atoms. The highest BCUT2D eigenvalue weighted by Gasteiger charge is 2.28. The molecular formula is C21H30N6O2S. The van der Waals surface area contributed by atoms with Crippen LogP contribution >= 0.6 is 0 Å². The van der Waals surface area contributed by atoms with Crippen molar-refractivity contribution in [2.24, 2.45) is 0 Å². The average Bonchev–Trinajstić information content (AvgIpc) is 2.69. The van der Waals surface area contributed by atoms with Crippen molar-refractivity contribution in [3.63, 3.8) is 0 Å². The molecule has 1 atom stereocenters. The second-order valence-corrected chi connectivity index (χ2v) is 10.1. The predicted octanol–water partition coefficient (Wildman–Crippen LogP) is 2.56. The lowest BCUT2D eigenvalue weighted by Crippen LogP contribution is -2.44. The Morgan fingerprint density at radius 1 is 1.20 bits per heavy atom. The summed E-state index contributed by atoms with van der Waals surface area (Å²) >= 11 is 0. The van der Waals surface area contributed by atoms with Gasteiger partial charge in [-0.3, -0.25) is 4.21 Å². The third kappa shape index (κ3) is 5.34. The van der Waals surface area contributed by atoms with Crippen LogP contribution in [0.3, 0.4) is 0 Å². The fourth-order valence-electron chi connectivity index (χ4n) is 3.26. The Bertz CT molecular complexity index is 924. The van der Waals surface area contributed by atoms with Gasteiger partial charge in [0.25, 0.3) is 0 Å². The van der Waals surface area contributed by atoms with E-state index in [4.69, 9.17) is 5.73 Å². The normalized spacial score (nSPS) is 16.8. The Kier molecular flexibility index (Phi) is 6.72. The maximum absolute atomic E-state index is 12.3. The molecule has 1 aromatic carbocycles. The van der Waals surface area contributed by atoms with Crippen LogP contribution < -0.4 is 16.4 Å². The Hall–Kier alpha value is -2.52. The van der Waals surface area contributed by atoms with E-state index in [-0.39, 0.29) is 12.1 Å². The molecule has 1 unspecified atom stereocenters. The van der Waals surface area contributed by atoms with Crippen LogP contribution in [0.5, 0.6) is 0 Å². The lowest BCUT2D eigenvalue weighted by Gasteiger charge is -2.29. The number of nitrogens with two attached hydrogens (primary N) is 1. The molecule has 2 amide bonds. The van der Waals surface area contributed by atoms with Gasteiger partial charge < -0.3 is 21.3 Å². The second kappa shape index (κ2) is 9.09. The van der Waals surface area contributed by atoms with Gasteiger partial charge in [-0.25, -0.2) is 14.8 Å². The Labute approximate surface area is 180 Å². The highest BCUT2D eigenvalue weighted by molar-refractivity contribution is 7.85. The number of rotatable bonds is 5. The minimum atomic E-state index is -1.12. The molecule has 162 valence electrons. The van der Waals surface area contributed by atoms with E-state index in [1.165, 1.54) is 0 Å². The van der Waals surface area contributed by atoms with E-state index in [0.717, 1.165) is 31.5 Å². The fourth-order valence-corrected chi connectivity index (χ4v) is 3.66. The van der Waals surface area contributed by atoms with Crippen molar-refractivity contribution in [1.82, 2.24) is 20.2 Å². The van der Waals surface area contributed by atoms with Crippen molar-refractivity contribution in [3.8, 4) is 11.4 Å². The summed E-state index contributed by atoms with van der Waals surface area (Å²) in [5.74, 6) is 0.791. The van der Waals surface area contributed by atoms with Crippen molar-refractivity contribution in [2.75, 3.05) is 37.4 Å². The molecule has 30 heavy (non-hydrogen) atoms. The Morgan fingerprint density at radius 3 is 2.43 bits per heavy atom. The van der Waals surface area contributed by atoms with Gasteiger partial charge in [0, 0.05) is 40.4 Å². The third-order valence-electron chi connectivity index (χ3n) is 5.54. The molecule has 1 fully saturated rings. The number of carbonyl (C=O) groups is 1. The van der Waals surface area contributed by atoms with Gasteiger partial charge in [-0.1, -0.05) is 0 Å². The van der Waals surface area contributed by atoms with Crippen LogP contribution in [-0.2, 0) is 15.5 Å². The fraction of sp³-hybridized carbons (Fsp3) is 0.476. The van der Waals surface area contributed by atoms with Crippen LogP contribution in [0.25, 0.3) is 11.4 Å². The number of piperidine rings is 1. The summed E-state index contributed by atoms with van der Waals surface area (Å²) in [7, 11) is 0.972. The predicted molar refractivity (Wildman–Crippen MR) is 122 cm³/mol. The first-order valence-electron chi connectivity index (χ1n) is 10.00. The SMILES string of the molecule is CN1CCC(NC(=O)Nc2ccc(-c3nc(N)cc(C(C)(C)S(C)=O)n3)cc2)CC1. The Balaban J connectivity index is 1.69. The topological polar surface area (TPSA) is 113 Å². The lowest BCUT2D eigenvalue weighted by atomic mass is 10.1. The van der Waals surface area contributed by atoms with Crippen LogP contribution in [0.2, 0.25) is 0 Å². The molecule has 0 saturated carbocycles. The lowest BCUT2D eigenvalue weighted by molar-refractivity contribution is 0.221. The molecule has 3 rings (SSSR count). The molecule has 2 heterocycles. The molecule has 0 radical (unpaired) electrons. The largest absolute Gasteiger partial charge is 0.384 e. The van der Waals surface area contributed by atoms with Crippen molar-refractivity contribution in [2.45, 2.75) is 37.5 Å². The molecule has 2 aromatic rings. The van der Waals surface area contributed by atoms with Crippen LogP contribution in [-0.4, -0.2) is 57.5 Å². The zero-order valence-corrected chi connectivity index (χ0v) is 18.8. The van der Waals surface area contributed by atoms with Crippen molar-refractivity contribution in [1.29, 1.82) is 0 Å². The molecule has 1 saturated heterocycles. The molecule has 4 N–H and O–H groups in total. The molecule has 1 aromatic heterocycles.